The van der Waals surface area contributed by atoms with Crippen molar-refractivity contribution in [2.45, 2.75) is 26.7 Å². The maximum Gasteiger partial charge on any atom is 0.126 e. The van der Waals surface area contributed by atoms with Crippen LogP contribution in [0.3, 0.4) is 0 Å². The molecule has 2 aromatic rings. The normalized spacial score (nSPS) is 10.9. The standard InChI is InChI=1S/C16H17F/c1-11(2)14-10-15(12(3)9-16(14)17)13-7-5-4-6-8-13/h4-11H,1-3H3. The highest BCUT2D eigenvalue weighted by Gasteiger charge is 2.11. The van der Waals surface area contributed by atoms with Crippen LogP contribution in [0.2, 0.25) is 0 Å². The first-order valence-corrected chi connectivity index (χ1v) is 5.95. The summed E-state index contributed by atoms with van der Waals surface area (Å²) in [6.07, 6.45) is 0. The Hall–Kier alpha value is -1.63. The number of hydrogen-bond acceptors (Lipinski definition) is 0. The summed E-state index contributed by atoms with van der Waals surface area (Å²) in [4.78, 5) is 0. The molecule has 88 valence electrons. The van der Waals surface area contributed by atoms with Crippen LogP contribution in [0.1, 0.15) is 30.9 Å². The summed E-state index contributed by atoms with van der Waals surface area (Å²) < 4.78 is 13.8. The summed E-state index contributed by atoms with van der Waals surface area (Å²) in [5.74, 6) is 0.107. The maximum atomic E-state index is 13.8. The first kappa shape index (κ1) is 11.8. The van der Waals surface area contributed by atoms with Gasteiger partial charge in [0, 0.05) is 0 Å². The molecule has 0 nitrogen and oxygen atoms in total. The molecule has 0 aliphatic rings. The largest absolute Gasteiger partial charge is 0.207 e. The molecule has 0 aliphatic carbocycles. The van der Waals surface area contributed by atoms with E-state index in [4.69, 9.17) is 0 Å². The highest BCUT2D eigenvalue weighted by Crippen LogP contribution is 2.29. The minimum atomic E-state index is -0.0998. The van der Waals surface area contributed by atoms with Crippen LogP contribution in [-0.4, -0.2) is 0 Å². The third-order valence-corrected chi connectivity index (χ3v) is 3.05. The molecule has 2 rings (SSSR count). The van der Waals surface area contributed by atoms with Gasteiger partial charge < -0.3 is 0 Å². The van der Waals surface area contributed by atoms with E-state index in [1.165, 1.54) is 0 Å². The Morgan fingerprint density at radius 2 is 1.65 bits per heavy atom. The van der Waals surface area contributed by atoms with Crippen molar-refractivity contribution in [3.05, 3.63) is 59.4 Å². The molecule has 0 aliphatic heterocycles. The van der Waals surface area contributed by atoms with Crippen molar-refractivity contribution in [1.29, 1.82) is 0 Å². The van der Waals surface area contributed by atoms with E-state index in [9.17, 15) is 4.39 Å². The van der Waals surface area contributed by atoms with Gasteiger partial charge in [0.25, 0.3) is 0 Å². The first-order chi connectivity index (χ1) is 8.09. The van der Waals surface area contributed by atoms with Crippen LogP contribution in [0, 0.1) is 12.7 Å². The molecule has 0 atom stereocenters. The van der Waals surface area contributed by atoms with E-state index in [0.29, 0.717) is 0 Å². The quantitative estimate of drug-likeness (QED) is 0.684. The molecule has 2 aromatic carbocycles. The molecule has 0 bridgehead atoms. The lowest BCUT2D eigenvalue weighted by Gasteiger charge is -2.13. The second-order valence-electron chi connectivity index (χ2n) is 4.71. The Balaban J connectivity index is 2.59. The van der Waals surface area contributed by atoms with Gasteiger partial charge in [-0.3, -0.25) is 0 Å². The van der Waals surface area contributed by atoms with Crippen LogP contribution < -0.4 is 0 Å². The summed E-state index contributed by atoms with van der Waals surface area (Å²) >= 11 is 0. The van der Waals surface area contributed by atoms with Gasteiger partial charge in [-0.05, 0) is 47.2 Å². The number of hydrogen-bond donors (Lipinski definition) is 0. The van der Waals surface area contributed by atoms with Crippen molar-refractivity contribution in [1.82, 2.24) is 0 Å². The van der Waals surface area contributed by atoms with Crippen LogP contribution in [0.25, 0.3) is 11.1 Å². The van der Waals surface area contributed by atoms with E-state index >= 15 is 0 Å². The topological polar surface area (TPSA) is 0 Å². The smallest absolute Gasteiger partial charge is 0.126 e. The predicted molar refractivity (Wildman–Crippen MR) is 70.7 cm³/mol. The lowest BCUT2D eigenvalue weighted by molar-refractivity contribution is 0.597. The SMILES string of the molecule is Cc1cc(F)c(C(C)C)cc1-c1ccccc1. The van der Waals surface area contributed by atoms with E-state index < -0.39 is 0 Å². The minimum Gasteiger partial charge on any atom is -0.207 e. The molecule has 0 unspecified atom stereocenters. The molecule has 0 heterocycles. The second-order valence-corrected chi connectivity index (χ2v) is 4.71. The van der Waals surface area contributed by atoms with E-state index in [2.05, 4.69) is 12.1 Å². The minimum absolute atomic E-state index is 0.0998. The summed E-state index contributed by atoms with van der Waals surface area (Å²) in [5, 5.41) is 0. The highest BCUT2D eigenvalue weighted by atomic mass is 19.1. The van der Waals surface area contributed by atoms with Gasteiger partial charge in [-0.1, -0.05) is 44.2 Å². The number of benzene rings is 2. The predicted octanol–water partition coefficient (Wildman–Crippen LogP) is 4.92. The monoisotopic (exact) mass is 228 g/mol. The molecule has 0 radical (unpaired) electrons. The lowest BCUT2D eigenvalue weighted by atomic mass is 9.93. The van der Waals surface area contributed by atoms with Gasteiger partial charge >= 0.3 is 0 Å². The molecule has 17 heavy (non-hydrogen) atoms. The molecule has 0 amide bonds. The van der Waals surface area contributed by atoms with Crippen molar-refractivity contribution in [2.75, 3.05) is 0 Å². The Morgan fingerprint density at radius 1 is 1.00 bits per heavy atom. The molecule has 0 saturated carbocycles. The van der Waals surface area contributed by atoms with Crippen LogP contribution in [0.4, 0.5) is 4.39 Å². The van der Waals surface area contributed by atoms with Crippen LogP contribution in [0.5, 0.6) is 0 Å². The molecule has 0 spiro atoms. The fraction of sp³-hybridized carbons (Fsp3) is 0.250. The molecule has 0 N–H and O–H groups in total. The average Bonchev–Trinajstić information content (AvgIpc) is 2.29. The molecule has 1 heteroatoms. The van der Waals surface area contributed by atoms with Gasteiger partial charge in [0.1, 0.15) is 5.82 Å². The zero-order valence-corrected chi connectivity index (χ0v) is 10.5. The summed E-state index contributed by atoms with van der Waals surface area (Å²) in [7, 11) is 0. The Kier molecular flexibility index (Phi) is 3.28. The van der Waals surface area contributed by atoms with Crippen LogP contribution in [-0.2, 0) is 0 Å². The molecular weight excluding hydrogens is 211 g/mol. The zero-order chi connectivity index (χ0) is 12.4. The second kappa shape index (κ2) is 4.70. The molecule has 0 fully saturated rings. The summed E-state index contributed by atoms with van der Waals surface area (Å²) in [5.41, 5.74) is 4.04. The fourth-order valence-corrected chi connectivity index (χ4v) is 2.06. The number of rotatable bonds is 2. The van der Waals surface area contributed by atoms with Crippen molar-refractivity contribution >= 4 is 0 Å². The van der Waals surface area contributed by atoms with E-state index in [0.717, 1.165) is 22.3 Å². The maximum absolute atomic E-state index is 13.8. The molecule has 0 aromatic heterocycles. The first-order valence-electron chi connectivity index (χ1n) is 5.95. The Morgan fingerprint density at radius 3 is 2.24 bits per heavy atom. The van der Waals surface area contributed by atoms with Gasteiger partial charge in [-0.25, -0.2) is 4.39 Å². The van der Waals surface area contributed by atoms with Crippen molar-refractivity contribution in [2.24, 2.45) is 0 Å². The van der Waals surface area contributed by atoms with Crippen LogP contribution >= 0.6 is 0 Å². The van der Waals surface area contributed by atoms with E-state index in [-0.39, 0.29) is 11.7 Å². The van der Waals surface area contributed by atoms with Crippen LogP contribution in [0.15, 0.2) is 42.5 Å². The van der Waals surface area contributed by atoms with Crippen molar-refractivity contribution in [3.8, 4) is 11.1 Å². The van der Waals surface area contributed by atoms with Gasteiger partial charge in [-0.15, -0.1) is 0 Å². The summed E-state index contributed by atoms with van der Waals surface area (Å²) in [6, 6.07) is 13.7. The number of halogens is 1. The Labute approximate surface area is 102 Å². The number of aryl methyl sites for hydroxylation is 1. The zero-order valence-electron chi connectivity index (χ0n) is 10.5. The average molecular weight is 228 g/mol. The van der Waals surface area contributed by atoms with Gasteiger partial charge in [0.15, 0.2) is 0 Å². The van der Waals surface area contributed by atoms with Gasteiger partial charge in [0.2, 0.25) is 0 Å². The molecular formula is C16H17F. The third-order valence-electron chi connectivity index (χ3n) is 3.05. The fourth-order valence-electron chi connectivity index (χ4n) is 2.06. The highest BCUT2D eigenvalue weighted by molar-refractivity contribution is 5.68. The Bertz CT molecular complexity index is 513. The van der Waals surface area contributed by atoms with Gasteiger partial charge in [0.05, 0.1) is 0 Å². The van der Waals surface area contributed by atoms with Crippen molar-refractivity contribution < 1.29 is 4.39 Å². The van der Waals surface area contributed by atoms with Gasteiger partial charge in [-0.2, -0.15) is 0 Å². The lowest BCUT2D eigenvalue weighted by Crippen LogP contribution is -1.96. The summed E-state index contributed by atoms with van der Waals surface area (Å²) in [6.45, 7) is 5.99. The third kappa shape index (κ3) is 2.38. The van der Waals surface area contributed by atoms with E-state index in [1.54, 1.807) is 6.07 Å². The van der Waals surface area contributed by atoms with E-state index in [1.807, 2.05) is 45.0 Å². The molecule has 0 saturated heterocycles. The van der Waals surface area contributed by atoms with Crippen molar-refractivity contribution in [3.63, 3.8) is 0 Å².